The van der Waals surface area contributed by atoms with Crippen molar-refractivity contribution in [2.45, 2.75) is 0 Å². The molecule has 0 saturated carbocycles. The maximum atomic E-state index is 11.9. The van der Waals surface area contributed by atoms with E-state index in [0.29, 0.717) is 5.82 Å². The molecule has 3 nitrogen and oxygen atoms in total. The molecule has 0 radical (unpaired) electrons. The number of ketones is 1. The maximum Gasteiger partial charge on any atom is 0.222 e. The summed E-state index contributed by atoms with van der Waals surface area (Å²) in [7, 11) is 0. The van der Waals surface area contributed by atoms with Crippen LogP contribution in [0, 0.1) is 0 Å². The van der Waals surface area contributed by atoms with Crippen molar-refractivity contribution in [2.75, 3.05) is 12.5 Å². The minimum Gasteiger partial charge on any atom is -0.335 e. The van der Waals surface area contributed by atoms with E-state index >= 15 is 0 Å². The van der Waals surface area contributed by atoms with Gasteiger partial charge in [-0.15, -0.1) is 23.5 Å². The fourth-order valence-corrected chi connectivity index (χ4v) is 2.56. The first-order chi connectivity index (χ1) is 8.24. The Morgan fingerprint density at radius 3 is 2.65 bits per heavy atom. The minimum absolute atomic E-state index is 0.0834. The van der Waals surface area contributed by atoms with Gasteiger partial charge < -0.3 is 4.98 Å². The molecule has 0 bridgehead atoms. The lowest BCUT2D eigenvalue weighted by molar-refractivity contribution is 0.103. The van der Waals surface area contributed by atoms with E-state index in [1.165, 1.54) is 0 Å². The maximum absolute atomic E-state index is 11.9. The highest BCUT2D eigenvalue weighted by Crippen LogP contribution is 2.23. The zero-order chi connectivity index (χ0) is 12.3. The summed E-state index contributed by atoms with van der Waals surface area (Å²) in [6, 6.07) is 7.62. The molecule has 0 atom stereocenters. The smallest absolute Gasteiger partial charge is 0.222 e. The van der Waals surface area contributed by atoms with Crippen LogP contribution in [-0.2, 0) is 0 Å². The van der Waals surface area contributed by atoms with Gasteiger partial charge in [-0.05, 0) is 24.6 Å². The molecule has 0 aliphatic carbocycles. The van der Waals surface area contributed by atoms with E-state index in [1.54, 1.807) is 29.6 Å². The summed E-state index contributed by atoms with van der Waals surface area (Å²) >= 11 is 3.12. The van der Waals surface area contributed by atoms with Crippen molar-refractivity contribution in [1.82, 2.24) is 9.97 Å². The molecule has 0 aliphatic rings. The van der Waals surface area contributed by atoms with E-state index in [9.17, 15) is 4.79 Å². The molecule has 0 unspecified atom stereocenters. The lowest BCUT2D eigenvalue weighted by Gasteiger charge is -1.96. The Balaban J connectivity index is 2.34. The van der Waals surface area contributed by atoms with Crippen molar-refractivity contribution in [3.8, 4) is 0 Å². The molecule has 5 heteroatoms. The van der Waals surface area contributed by atoms with Gasteiger partial charge in [-0.2, -0.15) is 0 Å². The second kappa shape index (κ2) is 5.42. The van der Waals surface area contributed by atoms with Gasteiger partial charge in [0.25, 0.3) is 0 Å². The number of rotatable bonds is 4. The largest absolute Gasteiger partial charge is 0.335 e. The predicted molar refractivity (Wildman–Crippen MR) is 75.5 cm³/mol. The monoisotopic (exact) mass is 264 g/mol. The Morgan fingerprint density at radius 2 is 2.00 bits per heavy atom. The molecule has 0 saturated heterocycles. The summed E-state index contributed by atoms with van der Waals surface area (Å²) in [6.45, 7) is 0. The number of nitrogens with zero attached hydrogens (tertiary/aromatic N) is 1. The number of thioether (sulfide) groups is 2. The van der Waals surface area contributed by atoms with Gasteiger partial charge in [0.2, 0.25) is 5.78 Å². The Morgan fingerprint density at radius 1 is 1.29 bits per heavy atom. The molecule has 2 rings (SSSR count). The fraction of sp³-hybridized carbons (Fsp3) is 0.167. The molecule has 0 aliphatic heterocycles. The van der Waals surface area contributed by atoms with Crippen molar-refractivity contribution in [3.63, 3.8) is 0 Å². The van der Waals surface area contributed by atoms with Crippen LogP contribution in [0.1, 0.15) is 10.6 Å². The Kier molecular flexibility index (Phi) is 3.91. The van der Waals surface area contributed by atoms with E-state index in [1.807, 2.05) is 36.8 Å². The number of carbonyl (C=O) groups excluding carboxylic acids is 1. The third-order valence-electron chi connectivity index (χ3n) is 2.27. The van der Waals surface area contributed by atoms with Crippen molar-refractivity contribution in [2.24, 2.45) is 0 Å². The Labute approximate surface area is 108 Å². The summed E-state index contributed by atoms with van der Waals surface area (Å²) in [5.41, 5.74) is 1.71. The quantitative estimate of drug-likeness (QED) is 0.679. The number of allylic oxidation sites excluding steroid dienone is 1. The normalized spacial score (nSPS) is 10.5. The summed E-state index contributed by atoms with van der Waals surface area (Å²) in [6.07, 6.45) is 5.52. The van der Waals surface area contributed by atoms with E-state index in [-0.39, 0.29) is 5.78 Å². The Hall–Kier alpha value is -1.20. The van der Waals surface area contributed by atoms with Crippen LogP contribution in [0.2, 0.25) is 0 Å². The third-order valence-corrected chi connectivity index (χ3v) is 4.31. The highest BCUT2D eigenvalue weighted by molar-refractivity contribution is 8.21. The molecule has 2 aromatic rings. The number of aromatic nitrogens is 2. The molecule has 1 aromatic carbocycles. The molecule has 88 valence electrons. The Bertz CT molecular complexity index is 536. The van der Waals surface area contributed by atoms with Gasteiger partial charge in [0, 0.05) is 10.3 Å². The van der Waals surface area contributed by atoms with Crippen molar-refractivity contribution in [3.05, 3.63) is 40.4 Å². The van der Waals surface area contributed by atoms with Crippen LogP contribution in [0.4, 0.5) is 0 Å². The second-order valence-electron chi connectivity index (χ2n) is 3.34. The van der Waals surface area contributed by atoms with Crippen LogP contribution in [0.5, 0.6) is 0 Å². The number of benzene rings is 1. The van der Waals surface area contributed by atoms with Crippen LogP contribution in [0.15, 0.2) is 34.6 Å². The van der Waals surface area contributed by atoms with Crippen molar-refractivity contribution in [1.29, 1.82) is 0 Å². The number of H-pyrrole nitrogens is 1. The van der Waals surface area contributed by atoms with E-state index in [4.69, 9.17) is 0 Å². The minimum atomic E-state index is -0.0834. The van der Waals surface area contributed by atoms with Gasteiger partial charge in [-0.1, -0.05) is 12.1 Å². The summed E-state index contributed by atoms with van der Waals surface area (Å²) in [5, 5.41) is 0. The average Bonchev–Trinajstić information content (AvgIpc) is 2.79. The molecule has 0 spiro atoms. The first kappa shape index (κ1) is 12.3. The first-order valence-corrected chi connectivity index (χ1v) is 7.48. The third kappa shape index (κ3) is 2.73. The van der Waals surface area contributed by atoms with E-state index in [0.717, 1.165) is 15.3 Å². The molecule has 17 heavy (non-hydrogen) atoms. The fourth-order valence-electron chi connectivity index (χ4n) is 1.45. The SMILES string of the molecule is CSC(=CC(=O)c1nc2ccccc2[nH]1)SC. The van der Waals surface area contributed by atoms with Crippen LogP contribution < -0.4 is 0 Å². The van der Waals surface area contributed by atoms with Gasteiger partial charge in [0.05, 0.1) is 11.0 Å². The molecule has 1 N–H and O–H groups in total. The van der Waals surface area contributed by atoms with Gasteiger partial charge in [-0.3, -0.25) is 4.79 Å². The number of imidazole rings is 1. The van der Waals surface area contributed by atoms with Crippen LogP contribution >= 0.6 is 23.5 Å². The standard InChI is InChI=1S/C12H12N2OS2/c1-16-11(17-2)7-10(15)12-13-8-5-3-4-6-9(8)14-12/h3-7H,1-2H3,(H,13,14). The van der Waals surface area contributed by atoms with Gasteiger partial charge in [0.1, 0.15) is 0 Å². The predicted octanol–water partition coefficient (Wildman–Crippen LogP) is 3.31. The average molecular weight is 264 g/mol. The molecule has 0 amide bonds. The first-order valence-electron chi connectivity index (χ1n) is 5.03. The topological polar surface area (TPSA) is 45.8 Å². The lowest BCUT2D eigenvalue weighted by atomic mass is 10.3. The molecule has 1 aromatic heterocycles. The second-order valence-corrected chi connectivity index (χ2v) is 5.29. The van der Waals surface area contributed by atoms with E-state index in [2.05, 4.69) is 9.97 Å². The van der Waals surface area contributed by atoms with Crippen LogP contribution in [-0.4, -0.2) is 28.3 Å². The molecular weight excluding hydrogens is 252 g/mol. The number of fused-ring (bicyclic) bond motifs is 1. The number of nitrogens with one attached hydrogen (secondary N) is 1. The van der Waals surface area contributed by atoms with Crippen LogP contribution in [0.25, 0.3) is 11.0 Å². The summed E-state index contributed by atoms with van der Waals surface area (Å²) < 4.78 is 0.982. The molecule has 1 heterocycles. The number of carbonyl (C=O) groups is 1. The van der Waals surface area contributed by atoms with E-state index < -0.39 is 0 Å². The molecule has 0 fully saturated rings. The zero-order valence-electron chi connectivity index (χ0n) is 9.56. The zero-order valence-corrected chi connectivity index (χ0v) is 11.2. The number of hydrogen-bond donors (Lipinski definition) is 1. The highest BCUT2D eigenvalue weighted by Gasteiger charge is 2.09. The summed E-state index contributed by atoms with van der Waals surface area (Å²) in [4.78, 5) is 19.2. The van der Waals surface area contributed by atoms with Crippen LogP contribution in [0.3, 0.4) is 0 Å². The lowest BCUT2D eigenvalue weighted by Crippen LogP contribution is -1.97. The van der Waals surface area contributed by atoms with Gasteiger partial charge in [0.15, 0.2) is 5.82 Å². The number of para-hydroxylation sites is 2. The van der Waals surface area contributed by atoms with Gasteiger partial charge in [-0.25, -0.2) is 4.98 Å². The summed E-state index contributed by atoms with van der Waals surface area (Å²) in [5.74, 6) is 0.312. The number of aromatic amines is 1. The highest BCUT2D eigenvalue weighted by atomic mass is 32.2. The van der Waals surface area contributed by atoms with Crippen molar-refractivity contribution >= 4 is 40.3 Å². The molecular formula is C12H12N2OS2. The van der Waals surface area contributed by atoms with Crippen molar-refractivity contribution < 1.29 is 4.79 Å². The van der Waals surface area contributed by atoms with Gasteiger partial charge >= 0.3 is 0 Å². The number of hydrogen-bond acceptors (Lipinski definition) is 4.